The Hall–Kier alpha value is -1.68. The van der Waals surface area contributed by atoms with Crippen molar-refractivity contribution in [2.75, 3.05) is 12.3 Å². The van der Waals surface area contributed by atoms with E-state index in [-0.39, 0.29) is 0 Å². The van der Waals surface area contributed by atoms with Gasteiger partial charge >= 0.3 is 0 Å². The number of hydrogen-bond donors (Lipinski definition) is 2. The van der Waals surface area contributed by atoms with E-state index in [1.54, 1.807) is 5.17 Å². The fourth-order valence-corrected chi connectivity index (χ4v) is 1.39. The molecule has 0 spiro atoms. The van der Waals surface area contributed by atoms with Crippen molar-refractivity contribution in [3.05, 3.63) is 28.6 Å². The maximum Gasteiger partial charge on any atom is 0.0742 e. The third-order valence-corrected chi connectivity index (χ3v) is 2.03. The van der Waals surface area contributed by atoms with Crippen LogP contribution in [0.4, 0.5) is 5.69 Å². The van der Waals surface area contributed by atoms with Gasteiger partial charge in [0, 0.05) is 22.3 Å². The molecular weight excluding hydrogens is 178 g/mol. The molecule has 3 N–H and O–H groups in total. The Labute approximate surface area is 82.2 Å². The monoisotopic (exact) mass is 191 g/mol. The molecule has 0 aliphatic carbocycles. The van der Waals surface area contributed by atoms with E-state index in [0.717, 1.165) is 16.1 Å². The third-order valence-electron chi connectivity index (χ3n) is 2.03. The highest BCUT2D eigenvalue weighted by Crippen LogP contribution is 1.93. The number of nitrogens with one attached hydrogen (secondary N) is 1. The van der Waals surface area contributed by atoms with Gasteiger partial charge in [0.05, 0.1) is 12.8 Å². The van der Waals surface area contributed by atoms with E-state index in [4.69, 9.17) is 10.6 Å². The van der Waals surface area contributed by atoms with E-state index in [1.807, 2.05) is 37.5 Å². The maximum atomic E-state index is 5.81. The summed E-state index contributed by atoms with van der Waals surface area (Å²) in [7, 11) is 0. The van der Waals surface area contributed by atoms with Crippen LogP contribution >= 0.6 is 0 Å². The molecule has 0 saturated carbocycles. The molecule has 1 aromatic rings. The highest BCUT2D eigenvalue weighted by atomic mass is 16.7. The van der Waals surface area contributed by atoms with Crippen LogP contribution in [0, 0.1) is 0 Å². The number of benzene rings is 1. The van der Waals surface area contributed by atoms with Crippen molar-refractivity contribution < 1.29 is 4.84 Å². The molecule has 1 heterocycles. The first-order valence-electron chi connectivity index (χ1n) is 4.56. The van der Waals surface area contributed by atoms with Crippen LogP contribution in [-0.4, -0.2) is 11.8 Å². The standard InChI is InChI=1S/C10H13N3O/c1-2-14-13-7-8-4-3-5-10(11)9(8)6-12-13/h3-7,12H,2,11H2,1H3. The van der Waals surface area contributed by atoms with Crippen molar-refractivity contribution >= 4 is 18.1 Å². The van der Waals surface area contributed by atoms with Gasteiger partial charge in [-0.25, -0.2) is 0 Å². The highest BCUT2D eigenvalue weighted by molar-refractivity contribution is 5.48. The molecule has 0 bridgehead atoms. The quantitative estimate of drug-likeness (QED) is 0.620. The number of hydroxylamine groups is 1. The smallest absolute Gasteiger partial charge is 0.0742 e. The van der Waals surface area contributed by atoms with Gasteiger partial charge in [0.25, 0.3) is 0 Å². The molecule has 0 aromatic heterocycles. The van der Waals surface area contributed by atoms with Crippen molar-refractivity contribution in [3.63, 3.8) is 0 Å². The summed E-state index contributed by atoms with van der Waals surface area (Å²) in [5.41, 5.74) is 9.54. The number of anilines is 1. The number of nitrogens with two attached hydrogens (primary N) is 1. The van der Waals surface area contributed by atoms with Gasteiger partial charge in [-0.2, -0.15) is 5.17 Å². The highest BCUT2D eigenvalue weighted by Gasteiger charge is 2.02. The summed E-state index contributed by atoms with van der Waals surface area (Å²) in [5, 5.41) is 3.63. The zero-order chi connectivity index (χ0) is 9.97. The predicted octanol–water partition coefficient (Wildman–Crippen LogP) is -0.483. The average Bonchev–Trinajstić information content (AvgIpc) is 2.18. The molecule has 1 aliphatic heterocycles. The van der Waals surface area contributed by atoms with Gasteiger partial charge in [-0.05, 0) is 13.0 Å². The number of hydrazine groups is 1. The summed E-state index contributed by atoms with van der Waals surface area (Å²) in [6.07, 6.45) is 3.70. The summed E-state index contributed by atoms with van der Waals surface area (Å²) < 4.78 is 0. The Balaban J connectivity index is 2.45. The molecule has 2 rings (SSSR count). The van der Waals surface area contributed by atoms with E-state index >= 15 is 0 Å². The largest absolute Gasteiger partial charge is 0.398 e. The third kappa shape index (κ3) is 1.52. The molecular formula is C10H13N3O. The lowest BCUT2D eigenvalue weighted by Crippen LogP contribution is -2.42. The molecule has 4 nitrogen and oxygen atoms in total. The molecule has 0 atom stereocenters. The molecule has 0 unspecified atom stereocenters. The van der Waals surface area contributed by atoms with Crippen LogP contribution in [0.15, 0.2) is 18.2 Å². The average molecular weight is 191 g/mol. The number of rotatable bonds is 2. The Morgan fingerprint density at radius 2 is 2.36 bits per heavy atom. The SMILES string of the molecule is CCON1C=c2cccc(N)c2=CN1. The van der Waals surface area contributed by atoms with Crippen LogP contribution in [0.2, 0.25) is 0 Å². The first-order valence-corrected chi connectivity index (χ1v) is 4.56. The minimum absolute atomic E-state index is 0.620. The second kappa shape index (κ2) is 3.59. The van der Waals surface area contributed by atoms with Gasteiger partial charge in [0.15, 0.2) is 0 Å². The summed E-state index contributed by atoms with van der Waals surface area (Å²) in [5.74, 6) is 0. The number of nitrogen functional groups attached to an aromatic ring is 1. The summed E-state index contributed by atoms with van der Waals surface area (Å²) in [6.45, 7) is 2.55. The van der Waals surface area contributed by atoms with E-state index < -0.39 is 0 Å². The van der Waals surface area contributed by atoms with Crippen LogP contribution in [-0.2, 0) is 4.84 Å². The molecule has 1 aromatic carbocycles. The van der Waals surface area contributed by atoms with Gasteiger partial charge in [-0.3, -0.25) is 10.3 Å². The summed E-state index contributed by atoms with van der Waals surface area (Å²) >= 11 is 0. The van der Waals surface area contributed by atoms with E-state index in [1.165, 1.54) is 0 Å². The molecule has 0 amide bonds. The van der Waals surface area contributed by atoms with Gasteiger partial charge in [-0.15, -0.1) is 0 Å². The van der Waals surface area contributed by atoms with Crippen molar-refractivity contribution in [2.45, 2.75) is 6.92 Å². The van der Waals surface area contributed by atoms with Crippen molar-refractivity contribution in [1.29, 1.82) is 0 Å². The van der Waals surface area contributed by atoms with Crippen molar-refractivity contribution in [1.82, 2.24) is 10.6 Å². The second-order valence-corrected chi connectivity index (χ2v) is 3.00. The van der Waals surface area contributed by atoms with Crippen LogP contribution in [0.5, 0.6) is 0 Å². The van der Waals surface area contributed by atoms with Gasteiger partial charge < -0.3 is 5.73 Å². The van der Waals surface area contributed by atoms with Crippen molar-refractivity contribution in [3.8, 4) is 0 Å². The zero-order valence-corrected chi connectivity index (χ0v) is 8.03. The number of fused-ring (bicyclic) bond motifs is 1. The second-order valence-electron chi connectivity index (χ2n) is 3.00. The molecule has 1 aliphatic rings. The van der Waals surface area contributed by atoms with Crippen molar-refractivity contribution in [2.24, 2.45) is 0 Å². The van der Waals surface area contributed by atoms with Crippen LogP contribution in [0.1, 0.15) is 6.92 Å². The minimum Gasteiger partial charge on any atom is -0.398 e. The van der Waals surface area contributed by atoms with E-state index in [2.05, 4.69) is 5.43 Å². The van der Waals surface area contributed by atoms with Gasteiger partial charge in [0.1, 0.15) is 0 Å². The van der Waals surface area contributed by atoms with Crippen LogP contribution in [0.3, 0.4) is 0 Å². The Morgan fingerprint density at radius 1 is 1.50 bits per heavy atom. The first kappa shape index (κ1) is 8.90. The normalized spacial score (nSPS) is 13.6. The molecule has 0 radical (unpaired) electrons. The maximum absolute atomic E-state index is 5.81. The van der Waals surface area contributed by atoms with E-state index in [9.17, 15) is 0 Å². The first-order chi connectivity index (χ1) is 6.81. The fraction of sp³-hybridized carbons (Fsp3) is 0.200. The molecule has 0 fully saturated rings. The topological polar surface area (TPSA) is 50.5 Å². The van der Waals surface area contributed by atoms with Crippen LogP contribution in [0.25, 0.3) is 12.4 Å². The molecule has 4 heteroatoms. The Kier molecular flexibility index (Phi) is 2.28. The predicted molar refractivity (Wildman–Crippen MR) is 55.6 cm³/mol. The van der Waals surface area contributed by atoms with Gasteiger partial charge in [-0.1, -0.05) is 12.1 Å². The minimum atomic E-state index is 0.620. The Bertz CT molecular complexity index is 441. The lowest BCUT2D eigenvalue weighted by atomic mass is 10.2. The van der Waals surface area contributed by atoms with E-state index in [0.29, 0.717) is 6.61 Å². The lowest BCUT2D eigenvalue weighted by molar-refractivity contribution is -0.122. The zero-order valence-electron chi connectivity index (χ0n) is 8.03. The summed E-state index contributed by atoms with van der Waals surface area (Å²) in [4.78, 5) is 5.27. The molecule has 14 heavy (non-hydrogen) atoms. The fourth-order valence-electron chi connectivity index (χ4n) is 1.39. The lowest BCUT2D eigenvalue weighted by Gasteiger charge is -2.21. The number of hydrogen-bond acceptors (Lipinski definition) is 4. The Morgan fingerprint density at radius 3 is 3.14 bits per heavy atom. The van der Waals surface area contributed by atoms with Gasteiger partial charge in [0.2, 0.25) is 0 Å². The number of nitrogens with zero attached hydrogens (tertiary/aromatic N) is 1. The molecule has 74 valence electrons. The summed E-state index contributed by atoms with van der Waals surface area (Å²) in [6, 6.07) is 5.80. The molecule has 0 saturated heterocycles. The van der Waals surface area contributed by atoms with Crippen LogP contribution < -0.4 is 21.6 Å².